The van der Waals surface area contributed by atoms with Crippen molar-refractivity contribution in [1.29, 1.82) is 0 Å². The second kappa shape index (κ2) is 11.0. The molecule has 1 heterocycles. The highest BCUT2D eigenvalue weighted by Gasteiger charge is 2.37. The average Bonchev–Trinajstić information content (AvgIpc) is 2.84. The summed E-state index contributed by atoms with van der Waals surface area (Å²) in [5, 5.41) is 2.20. The molecular formula is C26H19Br2FN2O5. The zero-order chi connectivity index (χ0) is 25.8. The molecule has 0 unspecified atom stereocenters. The lowest BCUT2D eigenvalue weighted by Crippen LogP contribution is -2.54. The predicted molar refractivity (Wildman–Crippen MR) is 139 cm³/mol. The van der Waals surface area contributed by atoms with Crippen LogP contribution >= 0.6 is 31.9 Å². The molecule has 0 radical (unpaired) electrons. The van der Waals surface area contributed by atoms with Gasteiger partial charge in [0.2, 0.25) is 0 Å². The number of halogens is 3. The smallest absolute Gasteiger partial charge is 0.335 e. The van der Waals surface area contributed by atoms with E-state index in [1.165, 1.54) is 12.1 Å². The van der Waals surface area contributed by atoms with Gasteiger partial charge >= 0.3 is 6.03 Å². The van der Waals surface area contributed by atoms with E-state index in [9.17, 15) is 18.8 Å². The number of carbonyl (C=O) groups excluding carboxylic acids is 3. The first kappa shape index (κ1) is 25.6. The van der Waals surface area contributed by atoms with E-state index in [1.807, 2.05) is 0 Å². The zero-order valence-electron chi connectivity index (χ0n) is 18.9. The Morgan fingerprint density at radius 3 is 2.36 bits per heavy atom. The van der Waals surface area contributed by atoms with Gasteiger partial charge in [0.1, 0.15) is 18.0 Å². The maximum atomic E-state index is 14.0. The highest BCUT2D eigenvalue weighted by atomic mass is 79.9. The zero-order valence-corrected chi connectivity index (χ0v) is 22.1. The minimum absolute atomic E-state index is 0.0230. The molecular weight excluding hydrogens is 599 g/mol. The number of urea groups is 1. The standard InChI is InChI=1S/C26H19Br2FN2O5/c1-2-35-22-12-16(20(28)13-23(22)36-14-15-5-3-4-6-21(15)29)11-19-24(32)30-26(34)31(25(19)33)18-9-7-17(27)8-10-18/h3-13H,2,14H2,1H3,(H,30,32,34)/b19-11+. The van der Waals surface area contributed by atoms with Crippen molar-refractivity contribution in [2.24, 2.45) is 0 Å². The topological polar surface area (TPSA) is 84.9 Å². The largest absolute Gasteiger partial charge is 0.490 e. The molecule has 4 amide bonds. The number of rotatable bonds is 7. The van der Waals surface area contributed by atoms with Crippen molar-refractivity contribution < 1.29 is 28.2 Å². The molecule has 1 fully saturated rings. The summed E-state index contributed by atoms with van der Waals surface area (Å²) in [4.78, 5) is 39.1. The molecule has 1 N–H and O–H groups in total. The van der Waals surface area contributed by atoms with Gasteiger partial charge in [-0.25, -0.2) is 14.1 Å². The maximum absolute atomic E-state index is 14.0. The molecule has 10 heteroatoms. The number of imide groups is 2. The number of carbonyl (C=O) groups is 3. The quantitative estimate of drug-likeness (QED) is 0.260. The number of nitrogens with zero attached hydrogens (tertiary/aromatic N) is 1. The van der Waals surface area contributed by atoms with E-state index in [0.29, 0.717) is 39.4 Å². The van der Waals surface area contributed by atoms with E-state index in [4.69, 9.17) is 9.47 Å². The predicted octanol–water partition coefficient (Wildman–Crippen LogP) is 5.99. The lowest BCUT2D eigenvalue weighted by Gasteiger charge is -2.26. The van der Waals surface area contributed by atoms with Crippen molar-refractivity contribution in [2.75, 3.05) is 11.5 Å². The molecule has 1 saturated heterocycles. The summed E-state index contributed by atoms with van der Waals surface area (Å²) in [5.74, 6) is -1.28. The summed E-state index contributed by atoms with van der Waals surface area (Å²) in [6.07, 6.45) is 1.36. The molecule has 184 valence electrons. The first-order chi connectivity index (χ1) is 17.3. The average molecular weight is 618 g/mol. The molecule has 0 aliphatic carbocycles. The first-order valence-corrected chi connectivity index (χ1v) is 12.4. The van der Waals surface area contributed by atoms with Crippen molar-refractivity contribution in [3.63, 3.8) is 0 Å². The Labute approximate surface area is 223 Å². The summed E-state index contributed by atoms with van der Waals surface area (Å²) < 4.78 is 26.8. The van der Waals surface area contributed by atoms with E-state index < -0.39 is 17.8 Å². The Hall–Kier alpha value is -3.50. The second-order valence-corrected chi connectivity index (χ2v) is 9.34. The van der Waals surface area contributed by atoms with Crippen LogP contribution in [0.5, 0.6) is 11.5 Å². The lowest BCUT2D eigenvalue weighted by molar-refractivity contribution is -0.122. The summed E-state index contributed by atoms with van der Waals surface area (Å²) in [5.41, 5.74) is 0.899. The molecule has 0 atom stereocenters. The van der Waals surface area contributed by atoms with E-state index in [1.54, 1.807) is 61.5 Å². The normalized spacial score (nSPS) is 14.7. The van der Waals surface area contributed by atoms with Crippen molar-refractivity contribution in [3.05, 3.63) is 92.1 Å². The monoisotopic (exact) mass is 616 g/mol. The number of barbiturate groups is 1. The van der Waals surface area contributed by atoms with Gasteiger partial charge in [-0.1, -0.05) is 50.1 Å². The Balaban J connectivity index is 1.67. The Morgan fingerprint density at radius 2 is 1.67 bits per heavy atom. The minimum atomic E-state index is -0.838. The highest BCUT2D eigenvalue weighted by Crippen LogP contribution is 2.36. The molecule has 1 aliphatic rings. The van der Waals surface area contributed by atoms with Crippen LogP contribution in [-0.4, -0.2) is 24.5 Å². The van der Waals surface area contributed by atoms with Gasteiger partial charge in [-0.05, 0) is 61.0 Å². The molecule has 3 aromatic rings. The van der Waals surface area contributed by atoms with Crippen LogP contribution in [-0.2, 0) is 16.2 Å². The van der Waals surface area contributed by atoms with Gasteiger partial charge in [0.25, 0.3) is 11.8 Å². The number of benzene rings is 3. The number of amides is 4. The molecule has 3 aromatic carbocycles. The fourth-order valence-electron chi connectivity index (χ4n) is 3.45. The van der Waals surface area contributed by atoms with Crippen LogP contribution in [0.2, 0.25) is 0 Å². The summed E-state index contributed by atoms with van der Waals surface area (Å²) in [6.45, 7) is 2.09. The van der Waals surface area contributed by atoms with Gasteiger partial charge in [-0.15, -0.1) is 0 Å². The number of nitrogens with one attached hydrogen (secondary N) is 1. The van der Waals surface area contributed by atoms with E-state index in [0.717, 1.165) is 9.37 Å². The fourth-order valence-corrected chi connectivity index (χ4v) is 4.15. The maximum Gasteiger partial charge on any atom is 0.335 e. The van der Waals surface area contributed by atoms with Gasteiger partial charge < -0.3 is 9.47 Å². The van der Waals surface area contributed by atoms with Gasteiger partial charge in [0.05, 0.1) is 12.3 Å². The van der Waals surface area contributed by atoms with Crippen LogP contribution in [0.1, 0.15) is 18.1 Å². The molecule has 0 spiro atoms. The van der Waals surface area contributed by atoms with Crippen LogP contribution in [0.15, 0.2) is 75.2 Å². The third-order valence-electron chi connectivity index (χ3n) is 5.19. The second-order valence-electron chi connectivity index (χ2n) is 7.57. The van der Waals surface area contributed by atoms with E-state index >= 15 is 0 Å². The third-order valence-corrected chi connectivity index (χ3v) is 6.41. The molecule has 0 saturated carbocycles. The van der Waals surface area contributed by atoms with Crippen molar-refractivity contribution >= 4 is 61.5 Å². The molecule has 4 rings (SSSR count). The molecule has 36 heavy (non-hydrogen) atoms. The van der Waals surface area contributed by atoms with Crippen molar-refractivity contribution in [2.45, 2.75) is 13.5 Å². The van der Waals surface area contributed by atoms with Gasteiger partial charge in [-0.2, -0.15) is 0 Å². The lowest BCUT2D eigenvalue weighted by atomic mass is 10.1. The molecule has 0 aromatic heterocycles. The number of anilines is 1. The Morgan fingerprint density at radius 1 is 0.972 bits per heavy atom. The third kappa shape index (κ3) is 5.50. The molecule has 7 nitrogen and oxygen atoms in total. The number of hydrogen-bond acceptors (Lipinski definition) is 5. The SMILES string of the molecule is CCOc1cc(/C=C2\C(=O)NC(=O)N(c3ccc(Br)cc3)C2=O)c(Br)cc1OCc1ccccc1F. The van der Waals surface area contributed by atoms with Crippen LogP contribution in [0.25, 0.3) is 6.08 Å². The molecule has 0 bridgehead atoms. The Bertz CT molecular complexity index is 1380. The summed E-state index contributed by atoms with van der Waals surface area (Å²) in [6, 6.07) is 15.2. The number of ether oxygens (including phenoxy) is 2. The van der Waals surface area contributed by atoms with Crippen LogP contribution in [0.3, 0.4) is 0 Å². The minimum Gasteiger partial charge on any atom is -0.490 e. The van der Waals surface area contributed by atoms with Crippen LogP contribution in [0.4, 0.5) is 14.9 Å². The fraction of sp³-hybridized carbons (Fsp3) is 0.115. The van der Waals surface area contributed by atoms with Crippen LogP contribution in [0, 0.1) is 5.82 Å². The van der Waals surface area contributed by atoms with Gasteiger partial charge in [-0.3, -0.25) is 14.9 Å². The Kier molecular flexibility index (Phi) is 7.85. The van der Waals surface area contributed by atoms with E-state index in [-0.39, 0.29) is 18.0 Å². The van der Waals surface area contributed by atoms with Crippen molar-refractivity contribution in [3.8, 4) is 11.5 Å². The summed E-state index contributed by atoms with van der Waals surface area (Å²) >= 11 is 6.75. The highest BCUT2D eigenvalue weighted by molar-refractivity contribution is 9.10. The summed E-state index contributed by atoms with van der Waals surface area (Å²) in [7, 11) is 0. The number of hydrogen-bond donors (Lipinski definition) is 1. The first-order valence-electron chi connectivity index (χ1n) is 10.8. The van der Waals surface area contributed by atoms with Crippen LogP contribution < -0.4 is 19.7 Å². The van der Waals surface area contributed by atoms with E-state index in [2.05, 4.69) is 37.2 Å². The molecule has 1 aliphatic heterocycles. The van der Waals surface area contributed by atoms with Gasteiger partial charge in [0, 0.05) is 14.5 Å². The van der Waals surface area contributed by atoms with Crippen molar-refractivity contribution in [1.82, 2.24) is 5.32 Å². The van der Waals surface area contributed by atoms with Gasteiger partial charge in [0.15, 0.2) is 11.5 Å².